The van der Waals surface area contributed by atoms with Crippen molar-refractivity contribution in [1.82, 2.24) is 9.55 Å². The van der Waals surface area contributed by atoms with Crippen molar-refractivity contribution in [3.8, 4) is 0 Å². The molecule has 3 unspecified atom stereocenters. The highest BCUT2D eigenvalue weighted by molar-refractivity contribution is 5.99. The summed E-state index contributed by atoms with van der Waals surface area (Å²) in [5.74, 6) is 0.999. The molecule has 2 heterocycles. The number of H-pyrrole nitrogens is 1. The number of aromatic amines is 1. The number of hydrogen-bond donors (Lipinski definition) is 2. The van der Waals surface area contributed by atoms with Gasteiger partial charge in [-0.2, -0.15) is 0 Å². The van der Waals surface area contributed by atoms with Crippen molar-refractivity contribution in [2.75, 3.05) is 7.05 Å². The van der Waals surface area contributed by atoms with Crippen molar-refractivity contribution >= 4 is 18.4 Å². The topological polar surface area (TPSA) is 97.8 Å². The summed E-state index contributed by atoms with van der Waals surface area (Å²) >= 11 is 0. The van der Waals surface area contributed by atoms with Crippen molar-refractivity contribution in [2.24, 2.45) is 21.6 Å². The zero-order chi connectivity index (χ0) is 14.9. The first-order chi connectivity index (χ1) is 9.53. The Balaban J connectivity index is 2.45. The second kappa shape index (κ2) is 5.62. The van der Waals surface area contributed by atoms with E-state index in [1.807, 2.05) is 0 Å². The minimum absolute atomic E-state index is 0.153. The molecule has 0 aromatic carbocycles. The average Bonchev–Trinajstić information content (AvgIpc) is 2.97. The summed E-state index contributed by atoms with van der Waals surface area (Å²) in [5.41, 5.74) is 5.86. The van der Waals surface area contributed by atoms with Crippen LogP contribution in [0.2, 0.25) is 0 Å². The number of imidazole rings is 1. The zero-order valence-electron chi connectivity index (χ0n) is 12.1. The first kappa shape index (κ1) is 14.5. The van der Waals surface area contributed by atoms with Gasteiger partial charge < -0.3 is 15.5 Å². The van der Waals surface area contributed by atoms with Crippen LogP contribution in [0.1, 0.15) is 38.6 Å². The Hall–Kier alpha value is -1.89. The molecule has 0 amide bonds. The normalized spacial score (nSPS) is 26.9. The van der Waals surface area contributed by atoms with Crippen LogP contribution < -0.4 is 11.4 Å². The molecule has 0 radical (unpaired) electrons. The Morgan fingerprint density at radius 2 is 2.35 bits per heavy atom. The van der Waals surface area contributed by atoms with E-state index in [1.165, 1.54) is 4.57 Å². The number of ether oxygens (including phenoxy) is 1. The van der Waals surface area contributed by atoms with E-state index in [0.29, 0.717) is 17.4 Å². The molecule has 20 heavy (non-hydrogen) atoms. The van der Waals surface area contributed by atoms with Crippen LogP contribution in [0.5, 0.6) is 0 Å². The fourth-order valence-electron chi connectivity index (χ4n) is 2.68. The molecule has 0 saturated carbocycles. The second-order valence-corrected chi connectivity index (χ2v) is 5.02. The smallest absolute Gasteiger partial charge is 0.329 e. The monoisotopic (exact) mass is 279 g/mol. The third-order valence-electron chi connectivity index (χ3n) is 3.78. The van der Waals surface area contributed by atoms with Gasteiger partial charge in [-0.1, -0.05) is 13.8 Å². The van der Waals surface area contributed by atoms with Crippen LogP contribution in [0.4, 0.5) is 5.82 Å². The second-order valence-electron chi connectivity index (χ2n) is 5.02. The molecule has 7 nitrogen and oxygen atoms in total. The maximum Gasteiger partial charge on any atom is 0.329 e. The quantitative estimate of drug-likeness (QED) is 0.639. The molecule has 1 aromatic rings. The van der Waals surface area contributed by atoms with Gasteiger partial charge in [-0.15, -0.1) is 0 Å². The fourth-order valence-corrected chi connectivity index (χ4v) is 2.68. The van der Waals surface area contributed by atoms with Gasteiger partial charge in [0.2, 0.25) is 0 Å². The third-order valence-corrected chi connectivity index (χ3v) is 3.78. The van der Waals surface area contributed by atoms with Gasteiger partial charge >= 0.3 is 5.69 Å². The summed E-state index contributed by atoms with van der Waals surface area (Å²) in [6.07, 6.45) is 1.50. The minimum Gasteiger partial charge on any atom is -0.382 e. The number of nitrogens with one attached hydrogen (secondary N) is 1. The van der Waals surface area contributed by atoms with Gasteiger partial charge in [0, 0.05) is 7.05 Å². The summed E-state index contributed by atoms with van der Waals surface area (Å²) in [6.45, 7) is 7.71. The number of nitrogens with zero attached hydrogens (tertiary/aromatic N) is 3. The molecule has 3 atom stereocenters. The molecule has 1 saturated heterocycles. The lowest BCUT2D eigenvalue weighted by Gasteiger charge is -2.14. The highest BCUT2D eigenvalue weighted by Crippen LogP contribution is 2.36. The number of amidine groups is 1. The number of aromatic nitrogens is 2. The summed E-state index contributed by atoms with van der Waals surface area (Å²) < 4.78 is 7.41. The SMILES string of the molecule is C=Nc1c(C(N)=NC)[nH]c(=O)n1C1CC(C)C(CC)O1. The molecule has 1 aliphatic rings. The fraction of sp³-hybridized carbons (Fsp3) is 0.615. The van der Waals surface area contributed by atoms with Crippen molar-refractivity contribution in [1.29, 1.82) is 0 Å². The van der Waals surface area contributed by atoms with Crippen LogP contribution in [0.25, 0.3) is 0 Å². The van der Waals surface area contributed by atoms with Crippen LogP contribution in [-0.2, 0) is 4.74 Å². The summed E-state index contributed by atoms with van der Waals surface area (Å²) in [5, 5.41) is 0. The third kappa shape index (κ3) is 2.29. The molecule has 110 valence electrons. The summed E-state index contributed by atoms with van der Waals surface area (Å²) in [4.78, 5) is 22.6. The molecule has 3 N–H and O–H groups in total. The van der Waals surface area contributed by atoms with Crippen LogP contribution in [0.3, 0.4) is 0 Å². The van der Waals surface area contributed by atoms with Gasteiger partial charge in [0.25, 0.3) is 0 Å². The Kier molecular flexibility index (Phi) is 4.08. The number of rotatable bonds is 4. The van der Waals surface area contributed by atoms with Crippen LogP contribution in [0.15, 0.2) is 14.8 Å². The number of hydrogen-bond acceptors (Lipinski definition) is 4. The van der Waals surface area contributed by atoms with E-state index < -0.39 is 0 Å². The lowest BCUT2D eigenvalue weighted by Crippen LogP contribution is -2.22. The average molecular weight is 279 g/mol. The Morgan fingerprint density at radius 1 is 1.65 bits per heavy atom. The van der Waals surface area contributed by atoms with Crippen molar-refractivity contribution < 1.29 is 4.74 Å². The molecule has 1 aliphatic heterocycles. The Morgan fingerprint density at radius 3 is 2.85 bits per heavy atom. The Bertz CT molecular complexity index is 586. The molecule has 0 bridgehead atoms. The standard InChI is InChI=1S/C13H21N5O2/c1-5-8-7(2)6-9(20-8)18-12(16-4)10(11(14)15-3)17-13(18)19/h7-9H,4-6H2,1-3H3,(H2,14,15)(H,17,19). The first-order valence-corrected chi connectivity index (χ1v) is 6.72. The summed E-state index contributed by atoms with van der Waals surface area (Å²) in [6, 6.07) is 0. The van der Waals surface area contributed by atoms with E-state index >= 15 is 0 Å². The van der Waals surface area contributed by atoms with Gasteiger partial charge in [-0.05, 0) is 25.5 Å². The maximum absolute atomic E-state index is 12.2. The first-order valence-electron chi connectivity index (χ1n) is 6.72. The van der Waals surface area contributed by atoms with Crippen molar-refractivity contribution in [3.63, 3.8) is 0 Å². The molecule has 1 fully saturated rings. The molecule has 2 rings (SSSR count). The van der Waals surface area contributed by atoms with Crippen LogP contribution >= 0.6 is 0 Å². The highest BCUT2D eigenvalue weighted by atomic mass is 16.5. The molecule has 7 heteroatoms. The zero-order valence-corrected chi connectivity index (χ0v) is 12.1. The van der Waals surface area contributed by atoms with E-state index in [0.717, 1.165) is 12.8 Å². The van der Waals surface area contributed by atoms with E-state index in [2.05, 4.69) is 35.5 Å². The van der Waals surface area contributed by atoms with E-state index in [4.69, 9.17) is 10.5 Å². The van der Waals surface area contributed by atoms with Gasteiger partial charge in [-0.3, -0.25) is 4.99 Å². The predicted molar refractivity (Wildman–Crippen MR) is 78.9 cm³/mol. The molecule has 0 spiro atoms. The number of aliphatic imine (C=N–C) groups is 2. The number of nitrogens with two attached hydrogens (primary N) is 1. The lowest BCUT2D eigenvalue weighted by atomic mass is 10.0. The summed E-state index contributed by atoms with van der Waals surface area (Å²) in [7, 11) is 1.55. The minimum atomic E-state index is -0.336. The van der Waals surface area contributed by atoms with Crippen molar-refractivity contribution in [3.05, 3.63) is 16.2 Å². The van der Waals surface area contributed by atoms with Gasteiger partial charge in [0.05, 0.1) is 6.10 Å². The highest BCUT2D eigenvalue weighted by Gasteiger charge is 2.34. The maximum atomic E-state index is 12.2. The predicted octanol–water partition coefficient (Wildman–Crippen LogP) is 1.18. The van der Waals surface area contributed by atoms with Crippen molar-refractivity contribution in [2.45, 2.75) is 39.0 Å². The lowest BCUT2D eigenvalue weighted by molar-refractivity contribution is -0.00565. The molecule has 1 aromatic heterocycles. The van der Waals surface area contributed by atoms with Gasteiger partial charge in [-0.25, -0.2) is 14.4 Å². The molecular weight excluding hydrogens is 258 g/mol. The van der Waals surface area contributed by atoms with Gasteiger partial charge in [0.15, 0.2) is 5.82 Å². The van der Waals surface area contributed by atoms with E-state index in [-0.39, 0.29) is 23.9 Å². The van der Waals surface area contributed by atoms with Crippen LogP contribution in [0, 0.1) is 5.92 Å². The molecule has 0 aliphatic carbocycles. The van der Waals surface area contributed by atoms with Gasteiger partial charge in [0.1, 0.15) is 17.8 Å². The largest absolute Gasteiger partial charge is 0.382 e. The Labute approximate surface area is 117 Å². The van der Waals surface area contributed by atoms with Crippen LogP contribution in [-0.4, -0.2) is 35.3 Å². The van der Waals surface area contributed by atoms with E-state index in [1.54, 1.807) is 7.05 Å². The van der Waals surface area contributed by atoms with E-state index in [9.17, 15) is 4.79 Å². The molecular formula is C13H21N5O2.